The molecule has 3 aliphatic rings. The Morgan fingerprint density at radius 1 is 1.14 bits per heavy atom. The molecule has 1 aromatic carbocycles. The summed E-state index contributed by atoms with van der Waals surface area (Å²) in [6.07, 6.45) is 0. The fourth-order valence-electron chi connectivity index (χ4n) is 3.95. The summed E-state index contributed by atoms with van der Waals surface area (Å²) in [6, 6.07) is 6.79. The Hall–Kier alpha value is -1.26. The van der Waals surface area contributed by atoms with Gasteiger partial charge in [0, 0.05) is 52.4 Å². The SMILES string of the molecule is CCOc1ccc(C(C)NC(=NC)NCC2CN3CCN2CC3)cc1OCC.I. The number of nitrogens with one attached hydrogen (secondary N) is 2. The van der Waals surface area contributed by atoms with E-state index >= 15 is 0 Å². The molecule has 3 aliphatic heterocycles. The number of hydrogen-bond donors (Lipinski definition) is 2. The maximum Gasteiger partial charge on any atom is 0.191 e. The molecule has 0 aliphatic carbocycles. The highest BCUT2D eigenvalue weighted by Crippen LogP contribution is 2.30. The first-order valence-corrected chi connectivity index (χ1v) is 10.5. The van der Waals surface area contributed by atoms with Crippen molar-refractivity contribution >= 4 is 29.9 Å². The standard InChI is InChI=1S/C21H35N5O2.HI/c1-5-27-19-8-7-17(13-20(19)28-6-2)16(3)24-21(22-4)23-14-18-15-25-9-11-26(18)12-10-25;/h7-8,13,16,18H,5-6,9-12,14-15H2,1-4H3,(H2,22,23,24);1H. The minimum atomic E-state index is 0. The molecule has 0 aromatic heterocycles. The summed E-state index contributed by atoms with van der Waals surface area (Å²) < 4.78 is 11.4. The Kier molecular flexibility index (Phi) is 9.78. The van der Waals surface area contributed by atoms with E-state index in [1.165, 1.54) is 26.2 Å². The van der Waals surface area contributed by atoms with E-state index in [4.69, 9.17) is 9.47 Å². The lowest BCUT2D eigenvalue weighted by Crippen LogP contribution is -2.63. The normalized spacial score (nSPS) is 24.4. The van der Waals surface area contributed by atoms with Crippen LogP contribution in [0.15, 0.2) is 23.2 Å². The van der Waals surface area contributed by atoms with Gasteiger partial charge in [-0.1, -0.05) is 6.07 Å². The summed E-state index contributed by atoms with van der Waals surface area (Å²) in [6.45, 7) is 14.2. The van der Waals surface area contributed by atoms with Crippen LogP contribution in [0.2, 0.25) is 0 Å². The molecule has 2 unspecified atom stereocenters. The lowest BCUT2D eigenvalue weighted by molar-refractivity contribution is 0.0154. The molecule has 0 saturated carbocycles. The van der Waals surface area contributed by atoms with Crippen LogP contribution in [0.3, 0.4) is 0 Å². The predicted molar refractivity (Wildman–Crippen MR) is 129 cm³/mol. The molecule has 8 heteroatoms. The van der Waals surface area contributed by atoms with Crippen molar-refractivity contribution in [3.8, 4) is 11.5 Å². The Morgan fingerprint density at radius 3 is 2.41 bits per heavy atom. The summed E-state index contributed by atoms with van der Waals surface area (Å²) in [4.78, 5) is 9.56. The van der Waals surface area contributed by atoms with Crippen molar-refractivity contribution < 1.29 is 9.47 Å². The second kappa shape index (κ2) is 11.8. The molecular formula is C21H36IN5O2. The van der Waals surface area contributed by atoms with Gasteiger partial charge in [-0.15, -0.1) is 24.0 Å². The van der Waals surface area contributed by atoms with Gasteiger partial charge in [0.05, 0.1) is 19.3 Å². The van der Waals surface area contributed by atoms with Gasteiger partial charge in [0.1, 0.15) is 0 Å². The Morgan fingerprint density at radius 2 is 1.83 bits per heavy atom. The van der Waals surface area contributed by atoms with Crippen LogP contribution < -0.4 is 20.1 Å². The smallest absolute Gasteiger partial charge is 0.191 e. The number of hydrogen-bond acceptors (Lipinski definition) is 5. The summed E-state index contributed by atoms with van der Waals surface area (Å²) in [5, 5.41) is 7.01. The number of guanidine groups is 1. The van der Waals surface area contributed by atoms with Gasteiger partial charge in [0.15, 0.2) is 17.5 Å². The van der Waals surface area contributed by atoms with E-state index in [1.54, 1.807) is 0 Å². The van der Waals surface area contributed by atoms with Crippen molar-refractivity contribution in [3.05, 3.63) is 23.8 Å². The molecule has 2 atom stereocenters. The zero-order valence-electron chi connectivity index (χ0n) is 18.1. The van der Waals surface area contributed by atoms with Gasteiger partial charge < -0.3 is 20.1 Å². The highest BCUT2D eigenvalue weighted by Gasteiger charge is 2.31. The Balaban J connectivity index is 0.00000300. The topological polar surface area (TPSA) is 61.4 Å². The van der Waals surface area contributed by atoms with E-state index < -0.39 is 0 Å². The Labute approximate surface area is 192 Å². The van der Waals surface area contributed by atoms with E-state index in [0.29, 0.717) is 19.3 Å². The van der Waals surface area contributed by atoms with Gasteiger partial charge in [-0.2, -0.15) is 0 Å². The number of benzene rings is 1. The summed E-state index contributed by atoms with van der Waals surface area (Å²) in [5.41, 5.74) is 1.14. The van der Waals surface area contributed by atoms with Crippen LogP contribution in [-0.2, 0) is 0 Å². The molecule has 2 bridgehead atoms. The van der Waals surface area contributed by atoms with Crippen LogP contribution in [0, 0.1) is 0 Å². The Bertz CT molecular complexity index is 664. The van der Waals surface area contributed by atoms with Gasteiger partial charge in [-0.25, -0.2) is 0 Å². The lowest BCUT2D eigenvalue weighted by atomic mass is 10.1. The summed E-state index contributed by atoms with van der Waals surface area (Å²) in [7, 11) is 1.82. The van der Waals surface area contributed by atoms with Gasteiger partial charge in [0.25, 0.3) is 0 Å². The van der Waals surface area contributed by atoms with Crippen molar-refractivity contribution in [2.45, 2.75) is 32.9 Å². The first-order valence-electron chi connectivity index (χ1n) is 10.5. The van der Waals surface area contributed by atoms with Crippen LogP contribution in [-0.4, -0.2) is 81.3 Å². The summed E-state index contributed by atoms with van der Waals surface area (Å²) >= 11 is 0. The number of ether oxygens (including phenoxy) is 2. The van der Waals surface area contributed by atoms with Crippen LogP contribution in [0.5, 0.6) is 11.5 Å². The monoisotopic (exact) mass is 517 g/mol. The lowest BCUT2D eigenvalue weighted by Gasteiger charge is -2.47. The van der Waals surface area contributed by atoms with Crippen molar-refractivity contribution in [3.63, 3.8) is 0 Å². The molecule has 0 radical (unpaired) electrons. The molecule has 0 amide bonds. The molecule has 164 valence electrons. The second-order valence-electron chi connectivity index (χ2n) is 7.38. The average molecular weight is 517 g/mol. The molecule has 2 N–H and O–H groups in total. The maximum absolute atomic E-state index is 5.76. The van der Waals surface area contributed by atoms with Crippen LogP contribution >= 0.6 is 24.0 Å². The number of piperazine rings is 3. The van der Waals surface area contributed by atoms with E-state index in [0.717, 1.165) is 36.1 Å². The highest BCUT2D eigenvalue weighted by molar-refractivity contribution is 14.0. The molecule has 4 rings (SSSR count). The number of nitrogens with zero attached hydrogens (tertiary/aromatic N) is 3. The third-order valence-electron chi connectivity index (χ3n) is 5.54. The van der Waals surface area contributed by atoms with Crippen LogP contribution in [0.25, 0.3) is 0 Å². The average Bonchev–Trinajstić information content (AvgIpc) is 2.73. The molecule has 3 fully saturated rings. The largest absolute Gasteiger partial charge is 0.490 e. The minimum absolute atomic E-state index is 0. The molecule has 3 heterocycles. The molecular weight excluding hydrogens is 481 g/mol. The van der Waals surface area contributed by atoms with Gasteiger partial charge in [0.2, 0.25) is 0 Å². The number of halogens is 1. The molecule has 1 aromatic rings. The van der Waals surface area contributed by atoms with Crippen molar-refractivity contribution in [1.82, 2.24) is 20.4 Å². The first-order chi connectivity index (χ1) is 13.6. The molecule has 0 spiro atoms. The predicted octanol–water partition coefficient (Wildman–Crippen LogP) is 2.33. The van der Waals surface area contributed by atoms with Gasteiger partial charge in [-0.05, 0) is 38.5 Å². The van der Waals surface area contributed by atoms with Crippen LogP contribution in [0.4, 0.5) is 0 Å². The second-order valence-corrected chi connectivity index (χ2v) is 7.38. The highest BCUT2D eigenvalue weighted by atomic mass is 127. The van der Waals surface area contributed by atoms with E-state index in [-0.39, 0.29) is 30.0 Å². The quantitative estimate of drug-likeness (QED) is 0.314. The molecule has 3 saturated heterocycles. The number of rotatable bonds is 8. The number of aliphatic imine (C=N–C) groups is 1. The number of fused-ring (bicyclic) bond motifs is 3. The molecule has 7 nitrogen and oxygen atoms in total. The molecule has 29 heavy (non-hydrogen) atoms. The van der Waals surface area contributed by atoms with Crippen molar-refractivity contribution in [2.75, 3.05) is 59.5 Å². The zero-order chi connectivity index (χ0) is 19.9. The maximum atomic E-state index is 5.76. The zero-order valence-corrected chi connectivity index (χ0v) is 20.4. The van der Waals surface area contributed by atoms with E-state index in [1.807, 2.05) is 27.0 Å². The minimum Gasteiger partial charge on any atom is -0.490 e. The van der Waals surface area contributed by atoms with Crippen LogP contribution in [0.1, 0.15) is 32.4 Å². The van der Waals surface area contributed by atoms with Gasteiger partial charge >= 0.3 is 0 Å². The van der Waals surface area contributed by atoms with E-state index in [2.05, 4.69) is 44.5 Å². The van der Waals surface area contributed by atoms with Crippen molar-refractivity contribution in [1.29, 1.82) is 0 Å². The van der Waals surface area contributed by atoms with E-state index in [9.17, 15) is 0 Å². The fraction of sp³-hybridized carbons (Fsp3) is 0.667. The summed E-state index contributed by atoms with van der Waals surface area (Å²) in [5.74, 6) is 2.41. The van der Waals surface area contributed by atoms with Gasteiger partial charge in [-0.3, -0.25) is 14.8 Å². The first kappa shape index (κ1) is 24.0. The fourth-order valence-corrected chi connectivity index (χ4v) is 3.95. The third kappa shape index (κ3) is 6.36. The van der Waals surface area contributed by atoms with Crippen molar-refractivity contribution in [2.24, 2.45) is 4.99 Å². The third-order valence-corrected chi connectivity index (χ3v) is 5.54.